The van der Waals surface area contributed by atoms with E-state index in [-0.39, 0.29) is 54.7 Å². The molecule has 4 N–H and O–H groups in total. The third-order valence-electron chi connectivity index (χ3n) is 5.14. The zero-order valence-corrected chi connectivity index (χ0v) is 17.2. The van der Waals surface area contributed by atoms with Gasteiger partial charge in [0.2, 0.25) is 21.8 Å². The van der Waals surface area contributed by atoms with Crippen LogP contribution in [0, 0.1) is 5.92 Å². The number of hydrogen-bond acceptors (Lipinski definition) is 5. The van der Waals surface area contributed by atoms with Crippen LogP contribution < -0.4 is 15.8 Å². The third-order valence-corrected chi connectivity index (χ3v) is 6.60. The molecule has 2 fully saturated rings. The standard InChI is InChI=1S/C18H26N4O4S.ClH/c19-8-9-20-27(25,26)16-7-3-4-14(11-16)21-18(24)13-10-17(23)22(12-13)15-5-1-2-6-15;/h3-4,7,11,13,15,20H,1-2,5-6,8-10,12,19H2,(H,21,24);1H. The Morgan fingerprint density at radius 2 is 1.96 bits per heavy atom. The number of halogens is 1. The smallest absolute Gasteiger partial charge is 0.240 e. The molecule has 3 rings (SSSR count). The molecule has 0 spiro atoms. The number of carbonyl (C=O) groups excluding carboxylic acids is 2. The van der Waals surface area contributed by atoms with E-state index < -0.39 is 15.9 Å². The van der Waals surface area contributed by atoms with Crippen LogP contribution >= 0.6 is 12.4 Å². The van der Waals surface area contributed by atoms with E-state index in [1.807, 2.05) is 4.90 Å². The normalized spacial score (nSPS) is 20.2. The maximum atomic E-state index is 12.6. The molecule has 0 bridgehead atoms. The van der Waals surface area contributed by atoms with Crippen molar-refractivity contribution >= 4 is 39.9 Å². The molecule has 8 nitrogen and oxygen atoms in total. The van der Waals surface area contributed by atoms with Crippen LogP contribution in [-0.2, 0) is 19.6 Å². The molecule has 1 heterocycles. The number of nitrogens with one attached hydrogen (secondary N) is 2. The van der Waals surface area contributed by atoms with Gasteiger partial charge in [-0.3, -0.25) is 9.59 Å². The molecule has 1 unspecified atom stereocenters. The number of sulfonamides is 1. The Kier molecular flexibility index (Phi) is 7.82. The van der Waals surface area contributed by atoms with Gasteiger partial charge < -0.3 is 16.0 Å². The van der Waals surface area contributed by atoms with Gasteiger partial charge in [-0.05, 0) is 31.0 Å². The number of rotatable bonds is 7. The minimum absolute atomic E-state index is 0. The Labute approximate surface area is 171 Å². The fourth-order valence-electron chi connectivity index (χ4n) is 3.74. The second-order valence-corrected chi connectivity index (χ2v) is 8.86. The fraction of sp³-hybridized carbons (Fsp3) is 0.556. The highest BCUT2D eigenvalue weighted by atomic mass is 35.5. The summed E-state index contributed by atoms with van der Waals surface area (Å²) < 4.78 is 26.8. The average molecular weight is 431 g/mol. The maximum absolute atomic E-state index is 12.6. The Balaban J connectivity index is 0.00000280. The van der Waals surface area contributed by atoms with Gasteiger partial charge >= 0.3 is 0 Å². The molecule has 1 aliphatic heterocycles. The predicted molar refractivity (Wildman–Crippen MR) is 109 cm³/mol. The second-order valence-electron chi connectivity index (χ2n) is 7.09. The first-order chi connectivity index (χ1) is 12.9. The number of amides is 2. The lowest BCUT2D eigenvalue weighted by Crippen LogP contribution is -2.35. The molecule has 0 radical (unpaired) electrons. The van der Waals surface area contributed by atoms with Gasteiger partial charge in [0.05, 0.1) is 10.8 Å². The predicted octanol–water partition coefficient (Wildman–Crippen LogP) is 1.07. The van der Waals surface area contributed by atoms with E-state index in [4.69, 9.17) is 5.73 Å². The van der Waals surface area contributed by atoms with Gasteiger partial charge in [0.1, 0.15) is 0 Å². The van der Waals surface area contributed by atoms with E-state index in [0.29, 0.717) is 12.2 Å². The molecule has 2 aliphatic rings. The lowest BCUT2D eigenvalue weighted by molar-refractivity contribution is -0.129. The van der Waals surface area contributed by atoms with Gasteiger partial charge in [-0.25, -0.2) is 13.1 Å². The van der Waals surface area contributed by atoms with Crippen LogP contribution in [0.1, 0.15) is 32.1 Å². The largest absolute Gasteiger partial charge is 0.339 e. The van der Waals surface area contributed by atoms with Gasteiger partial charge in [0.15, 0.2) is 0 Å². The first-order valence-corrected chi connectivity index (χ1v) is 10.8. The number of nitrogens with zero attached hydrogens (tertiary/aromatic N) is 1. The van der Waals surface area contributed by atoms with Crippen LogP contribution in [0.25, 0.3) is 0 Å². The summed E-state index contributed by atoms with van der Waals surface area (Å²) in [6.45, 7) is 0.772. The molecule has 0 aromatic heterocycles. The molecular formula is C18H27ClN4O4S. The number of nitrogens with two attached hydrogens (primary N) is 1. The van der Waals surface area contributed by atoms with Gasteiger partial charge in [-0.2, -0.15) is 0 Å². The molecular weight excluding hydrogens is 404 g/mol. The summed E-state index contributed by atoms with van der Waals surface area (Å²) in [5.74, 6) is -0.633. The van der Waals surface area contributed by atoms with E-state index >= 15 is 0 Å². The molecule has 1 atom stereocenters. The van der Waals surface area contributed by atoms with Crippen molar-refractivity contribution in [3.63, 3.8) is 0 Å². The van der Waals surface area contributed by atoms with Gasteiger partial charge in [-0.1, -0.05) is 18.9 Å². The van der Waals surface area contributed by atoms with E-state index in [9.17, 15) is 18.0 Å². The van der Waals surface area contributed by atoms with Crippen molar-refractivity contribution in [1.29, 1.82) is 0 Å². The number of likely N-dealkylation sites (tertiary alicyclic amines) is 1. The van der Waals surface area contributed by atoms with Crippen molar-refractivity contribution in [1.82, 2.24) is 9.62 Å². The molecule has 10 heteroatoms. The van der Waals surface area contributed by atoms with Crippen LogP contribution in [0.5, 0.6) is 0 Å². The third kappa shape index (κ3) is 5.22. The van der Waals surface area contributed by atoms with Gasteiger partial charge in [-0.15, -0.1) is 12.4 Å². The summed E-state index contributed by atoms with van der Waals surface area (Å²) in [6, 6.07) is 6.32. The number of hydrogen-bond donors (Lipinski definition) is 3. The Bertz CT molecular complexity index is 812. The van der Waals surface area contributed by atoms with E-state index in [2.05, 4.69) is 10.0 Å². The molecule has 1 saturated carbocycles. The summed E-state index contributed by atoms with van der Waals surface area (Å²) in [5.41, 5.74) is 5.72. The highest BCUT2D eigenvalue weighted by Crippen LogP contribution is 2.30. The molecule has 1 aromatic carbocycles. The SMILES string of the molecule is Cl.NCCNS(=O)(=O)c1cccc(NC(=O)C2CC(=O)N(C3CCCC3)C2)c1. The van der Waals surface area contributed by atoms with E-state index in [0.717, 1.165) is 25.7 Å². The minimum Gasteiger partial charge on any atom is -0.339 e. The van der Waals surface area contributed by atoms with Crippen molar-refractivity contribution in [2.75, 3.05) is 25.0 Å². The van der Waals surface area contributed by atoms with Crippen LogP contribution in [-0.4, -0.2) is 50.8 Å². The summed E-state index contributed by atoms with van der Waals surface area (Å²) in [6.07, 6.45) is 4.49. The quantitative estimate of drug-likeness (QED) is 0.597. The van der Waals surface area contributed by atoms with Crippen molar-refractivity contribution in [3.05, 3.63) is 24.3 Å². The van der Waals surface area contributed by atoms with E-state index in [1.165, 1.54) is 12.1 Å². The van der Waals surface area contributed by atoms with Crippen LogP contribution in [0.15, 0.2) is 29.2 Å². The van der Waals surface area contributed by atoms with Crippen molar-refractivity contribution in [2.45, 2.75) is 43.0 Å². The highest BCUT2D eigenvalue weighted by molar-refractivity contribution is 7.89. The number of benzene rings is 1. The summed E-state index contributed by atoms with van der Waals surface area (Å²) in [7, 11) is -3.67. The molecule has 28 heavy (non-hydrogen) atoms. The van der Waals surface area contributed by atoms with Crippen molar-refractivity contribution < 1.29 is 18.0 Å². The summed E-state index contributed by atoms with van der Waals surface area (Å²) >= 11 is 0. The van der Waals surface area contributed by atoms with Gasteiger partial charge in [0.25, 0.3) is 0 Å². The Morgan fingerprint density at radius 1 is 1.25 bits per heavy atom. The molecule has 1 aliphatic carbocycles. The molecule has 1 saturated heterocycles. The zero-order valence-electron chi connectivity index (χ0n) is 15.6. The summed E-state index contributed by atoms with van der Waals surface area (Å²) in [4.78, 5) is 26.7. The monoisotopic (exact) mass is 430 g/mol. The van der Waals surface area contributed by atoms with Gasteiger partial charge in [0, 0.05) is 37.8 Å². The average Bonchev–Trinajstić information content (AvgIpc) is 3.29. The lowest BCUT2D eigenvalue weighted by Gasteiger charge is -2.23. The minimum atomic E-state index is -3.67. The lowest BCUT2D eigenvalue weighted by atomic mass is 10.1. The first-order valence-electron chi connectivity index (χ1n) is 9.31. The van der Waals surface area contributed by atoms with Crippen molar-refractivity contribution in [2.24, 2.45) is 11.7 Å². The number of anilines is 1. The van der Waals surface area contributed by atoms with Crippen molar-refractivity contribution in [3.8, 4) is 0 Å². The zero-order chi connectivity index (χ0) is 19.4. The van der Waals surface area contributed by atoms with Crippen LogP contribution in [0.2, 0.25) is 0 Å². The Morgan fingerprint density at radius 3 is 2.64 bits per heavy atom. The number of carbonyl (C=O) groups is 2. The summed E-state index contributed by atoms with van der Waals surface area (Å²) in [5, 5.41) is 2.75. The molecule has 1 aromatic rings. The Hall–Kier alpha value is -1.68. The molecule has 156 valence electrons. The first kappa shape index (κ1) is 22.6. The van der Waals surface area contributed by atoms with Crippen LogP contribution in [0.3, 0.4) is 0 Å². The molecule has 2 amide bonds. The van der Waals surface area contributed by atoms with E-state index in [1.54, 1.807) is 12.1 Å². The maximum Gasteiger partial charge on any atom is 0.240 e. The highest BCUT2D eigenvalue weighted by Gasteiger charge is 2.38. The topological polar surface area (TPSA) is 122 Å². The fourth-order valence-corrected chi connectivity index (χ4v) is 4.83. The van der Waals surface area contributed by atoms with Crippen LogP contribution in [0.4, 0.5) is 5.69 Å². The second kappa shape index (κ2) is 9.69.